The molecule has 2 aromatic carbocycles. The fraction of sp³-hybridized carbons (Fsp3) is 0.190. The summed E-state index contributed by atoms with van der Waals surface area (Å²) in [5, 5.41) is 11.3. The van der Waals surface area contributed by atoms with Crippen molar-refractivity contribution in [3.05, 3.63) is 75.7 Å². The van der Waals surface area contributed by atoms with Crippen molar-refractivity contribution < 1.29 is 9.53 Å². The first-order valence-corrected chi connectivity index (χ1v) is 10.9. The van der Waals surface area contributed by atoms with Gasteiger partial charge in [-0.1, -0.05) is 52.0 Å². The molecule has 1 N–H and O–H groups in total. The number of thioether (sulfide) groups is 1. The Bertz CT molecular complexity index is 1130. The van der Waals surface area contributed by atoms with Gasteiger partial charge in [0.2, 0.25) is 0 Å². The van der Waals surface area contributed by atoms with Crippen LogP contribution in [0.25, 0.3) is 5.70 Å². The lowest BCUT2D eigenvalue weighted by Crippen LogP contribution is -2.50. The highest BCUT2D eigenvalue weighted by atomic mass is 79.9. The number of carbonyl (C=O) groups is 1. The van der Waals surface area contributed by atoms with E-state index in [2.05, 4.69) is 27.8 Å². The molecule has 2 aliphatic heterocycles. The summed E-state index contributed by atoms with van der Waals surface area (Å²) in [4.78, 5) is 17.9. The monoisotopic (exact) mass is 470 g/mol. The molecule has 2 heterocycles. The lowest BCUT2D eigenvalue weighted by Gasteiger charge is -2.34. The van der Waals surface area contributed by atoms with Crippen molar-refractivity contribution in [1.82, 2.24) is 10.3 Å². The van der Waals surface area contributed by atoms with Gasteiger partial charge in [0.05, 0.1) is 12.0 Å². The molecule has 0 spiro atoms. The quantitative estimate of drug-likeness (QED) is 0.682. The number of amidine groups is 1. The Balaban J connectivity index is 1.93. The number of ether oxygens (including phenoxy) is 1. The third-order valence-electron chi connectivity index (χ3n) is 4.40. The number of nitrogens with one attached hydrogen (secondary N) is 1. The van der Waals surface area contributed by atoms with E-state index in [9.17, 15) is 4.79 Å². The maximum atomic E-state index is 13.0. The Morgan fingerprint density at radius 2 is 2.17 bits per heavy atom. The first-order valence-electron chi connectivity index (χ1n) is 9.14. The minimum absolute atomic E-state index is 0.202. The Morgan fingerprint density at radius 3 is 2.97 bits per heavy atom. The van der Waals surface area contributed by atoms with Crippen molar-refractivity contribution in [2.24, 2.45) is 10.1 Å². The summed E-state index contributed by atoms with van der Waals surface area (Å²) in [6.07, 6.45) is 1.25. The number of para-hydroxylation sites is 1. The summed E-state index contributed by atoms with van der Waals surface area (Å²) in [5.41, 5.74) is 1.31. The third kappa shape index (κ3) is 3.82. The number of hydrogen-bond donors (Lipinski definition) is 1. The molecule has 0 radical (unpaired) electrons. The van der Waals surface area contributed by atoms with Crippen LogP contribution in [-0.4, -0.2) is 28.4 Å². The first-order chi connectivity index (χ1) is 14.1. The van der Waals surface area contributed by atoms with Crippen LogP contribution in [0.5, 0.6) is 5.75 Å². The standard InChI is InChI=1S/C21H19BrN4O2S/c1-3-11-29-21-24-20(27)18-14-7-5-6-8-16(14)23-19(26(18)25-21)15-12-13(22)9-10-17(15)28-4-2/h3,5-10,12,19H,1,4,11H2,2H3,(H,24,25,27)/t19-/m1/s1. The van der Waals surface area contributed by atoms with Crippen LogP contribution in [-0.2, 0) is 4.79 Å². The maximum absolute atomic E-state index is 13.0. The van der Waals surface area contributed by atoms with Gasteiger partial charge in [0.25, 0.3) is 5.91 Å². The van der Waals surface area contributed by atoms with Crippen LogP contribution < -0.4 is 20.6 Å². The van der Waals surface area contributed by atoms with Crippen LogP contribution in [0.2, 0.25) is 0 Å². The van der Waals surface area contributed by atoms with E-state index in [1.54, 1.807) is 11.1 Å². The van der Waals surface area contributed by atoms with Gasteiger partial charge < -0.3 is 4.74 Å². The molecule has 0 saturated heterocycles. The van der Waals surface area contributed by atoms with Crippen molar-refractivity contribution in [1.29, 1.82) is 0 Å². The normalized spacial score (nSPS) is 17.5. The molecule has 2 aliphatic rings. The highest BCUT2D eigenvalue weighted by Gasteiger charge is 2.35. The van der Waals surface area contributed by atoms with E-state index in [1.165, 1.54) is 11.8 Å². The molecule has 29 heavy (non-hydrogen) atoms. The van der Waals surface area contributed by atoms with Gasteiger partial charge >= 0.3 is 0 Å². The molecule has 0 aliphatic carbocycles. The molecule has 0 saturated carbocycles. The predicted octanol–water partition coefficient (Wildman–Crippen LogP) is 2.91. The number of rotatable bonds is 5. The lowest BCUT2D eigenvalue weighted by atomic mass is 10.1. The second-order valence-electron chi connectivity index (χ2n) is 6.29. The van der Waals surface area contributed by atoms with Gasteiger partial charge in [0.1, 0.15) is 11.4 Å². The molecule has 4 rings (SSSR count). The van der Waals surface area contributed by atoms with E-state index in [-0.39, 0.29) is 5.91 Å². The van der Waals surface area contributed by atoms with Crippen molar-refractivity contribution in [3.8, 4) is 5.75 Å². The van der Waals surface area contributed by atoms with Crippen molar-refractivity contribution in [2.75, 3.05) is 12.4 Å². The zero-order valence-electron chi connectivity index (χ0n) is 15.8. The second-order valence-corrected chi connectivity index (χ2v) is 8.21. The molecule has 0 aromatic heterocycles. The molecule has 1 atom stereocenters. The third-order valence-corrected chi connectivity index (χ3v) is 5.76. The number of fused-ring (bicyclic) bond motifs is 2. The summed E-state index contributed by atoms with van der Waals surface area (Å²) in [6.45, 7) is 6.20. The molecule has 6 nitrogen and oxygen atoms in total. The molecule has 8 heteroatoms. The predicted molar refractivity (Wildman–Crippen MR) is 119 cm³/mol. The number of hydrazone groups is 1. The van der Waals surface area contributed by atoms with E-state index in [1.807, 2.05) is 49.4 Å². The van der Waals surface area contributed by atoms with E-state index in [4.69, 9.17) is 14.8 Å². The van der Waals surface area contributed by atoms with E-state index in [0.717, 1.165) is 20.6 Å². The SMILES string of the molecule is C=CCSC1=NN2C(=c3ccccc3=N[C@H]2c2cc(Br)ccc2OCC)C(=O)N1. The molecule has 0 bridgehead atoms. The van der Waals surface area contributed by atoms with Crippen LogP contribution in [0.15, 0.2) is 69.7 Å². The average molecular weight is 471 g/mol. The summed E-state index contributed by atoms with van der Waals surface area (Å²) in [7, 11) is 0. The van der Waals surface area contributed by atoms with Crippen LogP contribution in [0.1, 0.15) is 18.7 Å². The number of hydrogen-bond acceptors (Lipinski definition) is 6. The molecule has 1 amide bonds. The Hall–Kier alpha value is -2.58. The molecule has 148 valence electrons. The Kier molecular flexibility index (Phi) is 5.73. The molecular formula is C21H19BrN4O2S. The van der Waals surface area contributed by atoms with Crippen LogP contribution >= 0.6 is 27.7 Å². The topological polar surface area (TPSA) is 66.3 Å². The van der Waals surface area contributed by atoms with E-state index >= 15 is 0 Å². The maximum Gasteiger partial charge on any atom is 0.276 e. The highest BCUT2D eigenvalue weighted by Crippen LogP contribution is 2.37. The zero-order valence-corrected chi connectivity index (χ0v) is 18.2. The van der Waals surface area contributed by atoms with Crippen LogP contribution in [0.3, 0.4) is 0 Å². The minimum atomic E-state index is -0.524. The number of nitrogens with zero attached hydrogens (tertiary/aromatic N) is 3. The lowest BCUT2D eigenvalue weighted by molar-refractivity contribution is -0.116. The number of benzene rings is 2. The van der Waals surface area contributed by atoms with Gasteiger partial charge in [0, 0.05) is 21.0 Å². The number of amides is 1. The smallest absolute Gasteiger partial charge is 0.276 e. The van der Waals surface area contributed by atoms with Gasteiger partial charge in [-0.25, -0.2) is 5.01 Å². The minimum Gasteiger partial charge on any atom is -0.493 e. The van der Waals surface area contributed by atoms with Gasteiger partial charge in [-0.15, -0.1) is 11.7 Å². The molecule has 0 fully saturated rings. The summed E-state index contributed by atoms with van der Waals surface area (Å²) in [6, 6.07) is 13.4. The first kappa shape index (κ1) is 19.7. The van der Waals surface area contributed by atoms with Crippen molar-refractivity contribution in [3.63, 3.8) is 0 Å². The Morgan fingerprint density at radius 1 is 1.34 bits per heavy atom. The van der Waals surface area contributed by atoms with E-state index < -0.39 is 6.17 Å². The van der Waals surface area contributed by atoms with Gasteiger partial charge in [0.15, 0.2) is 11.3 Å². The summed E-state index contributed by atoms with van der Waals surface area (Å²) < 4.78 is 6.75. The van der Waals surface area contributed by atoms with Gasteiger partial charge in [-0.3, -0.25) is 15.1 Å². The van der Waals surface area contributed by atoms with Gasteiger partial charge in [-0.2, -0.15) is 0 Å². The number of halogens is 1. The number of carbonyl (C=O) groups excluding carboxylic acids is 1. The van der Waals surface area contributed by atoms with E-state index in [0.29, 0.717) is 29.0 Å². The fourth-order valence-electron chi connectivity index (χ4n) is 3.24. The van der Waals surface area contributed by atoms with Crippen LogP contribution in [0.4, 0.5) is 0 Å². The summed E-state index contributed by atoms with van der Waals surface area (Å²) in [5.74, 6) is 1.15. The van der Waals surface area contributed by atoms with Crippen molar-refractivity contribution >= 4 is 44.5 Å². The Labute approximate surface area is 181 Å². The zero-order chi connectivity index (χ0) is 20.4. The average Bonchev–Trinajstić information content (AvgIpc) is 2.73. The fourth-order valence-corrected chi connectivity index (χ4v) is 4.21. The molecular weight excluding hydrogens is 452 g/mol. The molecule has 0 unspecified atom stereocenters. The highest BCUT2D eigenvalue weighted by molar-refractivity contribution is 9.10. The summed E-state index contributed by atoms with van der Waals surface area (Å²) >= 11 is 4.95. The van der Waals surface area contributed by atoms with Crippen LogP contribution in [0, 0.1) is 0 Å². The van der Waals surface area contributed by atoms with Crippen molar-refractivity contribution in [2.45, 2.75) is 13.1 Å². The second kappa shape index (κ2) is 8.42. The molecule has 2 aromatic rings. The largest absolute Gasteiger partial charge is 0.493 e. The van der Waals surface area contributed by atoms with Gasteiger partial charge in [-0.05, 0) is 31.2 Å².